The standard InChI is InChI=1S/C15H11BrO4S/c16-10-5-9(15(17)18)6-12(7-10)21-11-1-2-13-14(8-11)20-4-3-19-13/h1-2,5-8H,3-4H2,(H,17,18). The normalized spacial score (nSPS) is 13.0. The molecule has 0 amide bonds. The van der Waals surface area contributed by atoms with Gasteiger partial charge >= 0.3 is 5.97 Å². The van der Waals surface area contributed by atoms with E-state index in [1.165, 1.54) is 11.8 Å². The number of benzene rings is 2. The molecule has 1 N–H and O–H groups in total. The lowest BCUT2D eigenvalue weighted by molar-refractivity contribution is 0.0696. The van der Waals surface area contributed by atoms with Crippen LogP contribution in [0.25, 0.3) is 0 Å². The SMILES string of the molecule is O=C(O)c1cc(Br)cc(Sc2ccc3c(c2)OCCO3)c1. The fraction of sp³-hybridized carbons (Fsp3) is 0.133. The first-order chi connectivity index (χ1) is 10.1. The molecule has 0 saturated carbocycles. The Morgan fingerprint density at radius 3 is 2.57 bits per heavy atom. The molecule has 0 aliphatic carbocycles. The van der Waals surface area contributed by atoms with E-state index >= 15 is 0 Å². The molecule has 0 unspecified atom stereocenters. The van der Waals surface area contributed by atoms with Crippen LogP contribution in [-0.4, -0.2) is 24.3 Å². The Balaban J connectivity index is 1.88. The first-order valence-corrected chi connectivity index (χ1v) is 7.84. The van der Waals surface area contributed by atoms with Crippen LogP contribution in [0, 0.1) is 0 Å². The zero-order chi connectivity index (χ0) is 14.8. The molecule has 4 nitrogen and oxygen atoms in total. The minimum absolute atomic E-state index is 0.254. The fourth-order valence-corrected chi connectivity index (χ4v) is 3.56. The first kappa shape index (κ1) is 14.3. The van der Waals surface area contributed by atoms with Gasteiger partial charge in [-0.3, -0.25) is 0 Å². The molecule has 0 spiro atoms. The topological polar surface area (TPSA) is 55.8 Å². The highest BCUT2D eigenvalue weighted by molar-refractivity contribution is 9.10. The van der Waals surface area contributed by atoms with Gasteiger partial charge < -0.3 is 14.6 Å². The molecule has 1 aliphatic heterocycles. The molecule has 108 valence electrons. The van der Waals surface area contributed by atoms with Crippen molar-refractivity contribution in [3.05, 3.63) is 46.4 Å². The average Bonchev–Trinajstić information content (AvgIpc) is 2.46. The van der Waals surface area contributed by atoms with Crippen LogP contribution in [0.3, 0.4) is 0 Å². The van der Waals surface area contributed by atoms with Crippen LogP contribution in [0.4, 0.5) is 0 Å². The van der Waals surface area contributed by atoms with E-state index in [0.29, 0.717) is 13.2 Å². The molecule has 0 fully saturated rings. The molecule has 1 heterocycles. The molecule has 6 heteroatoms. The summed E-state index contributed by atoms with van der Waals surface area (Å²) in [6.07, 6.45) is 0. The minimum Gasteiger partial charge on any atom is -0.486 e. The third-order valence-electron chi connectivity index (χ3n) is 2.87. The van der Waals surface area contributed by atoms with Crippen molar-refractivity contribution in [1.82, 2.24) is 0 Å². The van der Waals surface area contributed by atoms with Gasteiger partial charge in [0.25, 0.3) is 0 Å². The molecule has 2 aromatic rings. The molecule has 0 atom stereocenters. The van der Waals surface area contributed by atoms with E-state index in [9.17, 15) is 4.79 Å². The van der Waals surface area contributed by atoms with Gasteiger partial charge in [-0.2, -0.15) is 0 Å². The number of hydrogen-bond acceptors (Lipinski definition) is 4. The third-order valence-corrected chi connectivity index (χ3v) is 4.29. The molecule has 3 rings (SSSR count). The fourth-order valence-electron chi connectivity index (χ4n) is 1.97. The maximum atomic E-state index is 11.1. The van der Waals surface area contributed by atoms with Crippen molar-refractivity contribution < 1.29 is 19.4 Å². The summed E-state index contributed by atoms with van der Waals surface area (Å²) in [4.78, 5) is 12.9. The molecule has 0 bridgehead atoms. The van der Waals surface area contributed by atoms with Crippen LogP contribution in [0.2, 0.25) is 0 Å². The summed E-state index contributed by atoms with van der Waals surface area (Å²) in [5.41, 5.74) is 0.254. The van der Waals surface area contributed by atoms with Crippen molar-refractivity contribution in [3.63, 3.8) is 0 Å². The highest BCUT2D eigenvalue weighted by Gasteiger charge is 2.13. The van der Waals surface area contributed by atoms with E-state index in [2.05, 4.69) is 15.9 Å². The zero-order valence-electron chi connectivity index (χ0n) is 10.8. The predicted molar refractivity (Wildman–Crippen MR) is 82.7 cm³/mol. The highest BCUT2D eigenvalue weighted by Crippen LogP contribution is 2.37. The van der Waals surface area contributed by atoms with Gasteiger partial charge in [-0.25, -0.2) is 4.79 Å². The van der Waals surface area contributed by atoms with Gasteiger partial charge in [-0.05, 0) is 36.4 Å². The lowest BCUT2D eigenvalue weighted by Gasteiger charge is -2.18. The second kappa shape index (κ2) is 5.99. The van der Waals surface area contributed by atoms with Crippen molar-refractivity contribution in [2.24, 2.45) is 0 Å². The van der Waals surface area contributed by atoms with Crippen molar-refractivity contribution in [1.29, 1.82) is 0 Å². The van der Waals surface area contributed by atoms with E-state index in [1.807, 2.05) is 24.3 Å². The van der Waals surface area contributed by atoms with Gasteiger partial charge in [0.05, 0.1) is 5.56 Å². The predicted octanol–water partition coefficient (Wildman–Crippen LogP) is 4.07. The second-order valence-corrected chi connectivity index (χ2v) is 6.45. The van der Waals surface area contributed by atoms with Crippen molar-refractivity contribution in [3.8, 4) is 11.5 Å². The molecule has 0 saturated heterocycles. The number of carbonyl (C=O) groups is 1. The number of halogens is 1. The molecule has 1 aliphatic rings. The van der Waals surface area contributed by atoms with Crippen LogP contribution in [0.5, 0.6) is 11.5 Å². The minimum atomic E-state index is -0.944. The Kier molecular flexibility index (Phi) is 4.07. The molecular weight excluding hydrogens is 356 g/mol. The van der Waals surface area contributed by atoms with E-state index in [1.54, 1.807) is 12.1 Å². The summed E-state index contributed by atoms with van der Waals surface area (Å²) < 4.78 is 11.8. The maximum Gasteiger partial charge on any atom is 0.335 e. The Bertz CT molecular complexity index is 702. The van der Waals surface area contributed by atoms with E-state index in [4.69, 9.17) is 14.6 Å². The summed E-state index contributed by atoms with van der Waals surface area (Å²) in [6.45, 7) is 1.11. The Morgan fingerprint density at radius 1 is 1.05 bits per heavy atom. The van der Waals surface area contributed by atoms with Gasteiger partial charge in [0.15, 0.2) is 11.5 Å². The molecule has 21 heavy (non-hydrogen) atoms. The summed E-state index contributed by atoms with van der Waals surface area (Å²) in [6, 6.07) is 10.8. The van der Waals surface area contributed by atoms with E-state index < -0.39 is 5.97 Å². The number of aromatic carboxylic acids is 1. The summed E-state index contributed by atoms with van der Waals surface area (Å²) in [5.74, 6) is 0.520. The van der Waals surface area contributed by atoms with E-state index in [-0.39, 0.29) is 5.56 Å². The highest BCUT2D eigenvalue weighted by atomic mass is 79.9. The Morgan fingerprint density at radius 2 is 1.81 bits per heavy atom. The zero-order valence-corrected chi connectivity index (χ0v) is 13.2. The van der Waals surface area contributed by atoms with Gasteiger partial charge in [0, 0.05) is 14.3 Å². The Hall–Kier alpha value is -1.66. The molecule has 0 radical (unpaired) electrons. The van der Waals surface area contributed by atoms with Crippen LogP contribution in [0.1, 0.15) is 10.4 Å². The maximum absolute atomic E-state index is 11.1. The second-order valence-electron chi connectivity index (χ2n) is 4.39. The van der Waals surface area contributed by atoms with Crippen LogP contribution >= 0.6 is 27.7 Å². The average molecular weight is 367 g/mol. The lowest BCUT2D eigenvalue weighted by atomic mass is 10.2. The van der Waals surface area contributed by atoms with Crippen molar-refractivity contribution in [2.45, 2.75) is 9.79 Å². The van der Waals surface area contributed by atoms with E-state index in [0.717, 1.165) is 25.8 Å². The molecule has 2 aromatic carbocycles. The number of carboxylic acid groups (broad SMARTS) is 1. The number of fused-ring (bicyclic) bond motifs is 1. The quantitative estimate of drug-likeness (QED) is 0.886. The Labute approximate surface area is 134 Å². The van der Waals surface area contributed by atoms with Crippen LogP contribution in [0.15, 0.2) is 50.7 Å². The van der Waals surface area contributed by atoms with Gasteiger partial charge in [0.2, 0.25) is 0 Å². The summed E-state index contributed by atoms with van der Waals surface area (Å²) in [5, 5.41) is 9.09. The monoisotopic (exact) mass is 366 g/mol. The number of rotatable bonds is 3. The number of carboxylic acids is 1. The van der Waals surface area contributed by atoms with Crippen molar-refractivity contribution >= 4 is 33.7 Å². The van der Waals surface area contributed by atoms with Gasteiger partial charge in [-0.15, -0.1) is 0 Å². The van der Waals surface area contributed by atoms with Gasteiger partial charge in [-0.1, -0.05) is 27.7 Å². The van der Waals surface area contributed by atoms with Crippen LogP contribution in [-0.2, 0) is 0 Å². The van der Waals surface area contributed by atoms with Crippen LogP contribution < -0.4 is 9.47 Å². The smallest absolute Gasteiger partial charge is 0.335 e. The molecule has 0 aromatic heterocycles. The first-order valence-electron chi connectivity index (χ1n) is 6.23. The van der Waals surface area contributed by atoms with Crippen molar-refractivity contribution in [2.75, 3.05) is 13.2 Å². The van der Waals surface area contributed by atoms with Gasteiger partial charge in [0.1, 0.15) is 13.2 Å². The number of ether oxygens (including phenoxy) is 2. The summed E-state index contributed by atoms with van der Waals surface area (Å²) >= 11 is 4.81. The summed E-state index contributed by atoms with van der Waals surface area (Å²) in [7, 11) is 0. The number of hydrogen-bond donors (Lipinski definition) is 1. The third kappa shape index (κ3) is 3.33. The lowest BCUT2D eigenvalue weighted by Crippen LogP contribution is -2.15. The largest absolute Gasteiger partial charge is 0.486 e. The molecular formula is C15H11BrO4S.